The van der Waals surface area contributed by atoms with Gasteiger partial charge in [0.2, 0.25) is 0 Å². The molecule has 0 atom stereocenters. The highest BCUT2D eigenvalue weighted by molar-refractivity contribution is 6.04. The van der Waals surface area contributed by atoms with Crippen molar-refractivity contribution in [3.63, 3.8) is 0 Å². The molecule has 6 nitrogen and oxygen atoms in total. The molecule has 0 aliphatic heterocycles. The van der Waals surface area contributed by atoms with Gasteiger partial charge in [-0.3, -0.25) is 14.5 Å². The van der Waals surface area contributed by atoms with Gasteiger partial charge < -0.3 is 10.4 Å². The first-order valence-electron chi connectivity index (χ1n) is 10.8. The lowest BCUT2D eigenvalue weighted by Gasteiger charge is -2.27. The maximum atomic E-state index is 12.7. The van der Waals surface area contributed by atoms with E-state index in [9.17, 15) is 9.90 Å². The fraction of sp³-hybridized carbons (Fsp3) is 0.458. The molecule has 30 heavy (non-hydrogen) atoms. The Bertz CT molecular complexity index is 1030. The number of rotatable bonds is 5. The Hall–Kier alpha value is -2.73. The molecule has 2 aromatic heterocycles. The van der Waals surface area contributed by atoms with Crippen LogP contribution in [0.4, 0.5) is 5.69 Å². The SMILES string of the molecule is CC[C@H]1CC[C@H](n2cc3cc(NC(=O)c4ccccn4)c(C(C)(C)O)cc3n2)CC1. The maximum Gasteiger partial charge on any atom is 0.274 e. The molecular formula is C24H30N4O2. The van der Waals surface area contributed by atoms with Crippen molar-refractivity contribution in [3.8, 4) is 0 Å². The van der Waals surface area contributed by atoms with Gasteiger partial charge in [0, 0.05) is 29.0 Å². The molecule has 1 aliphatic rings. The number of nitrogens with zero attached hydrogens (tertiary/aromatic N) is 3. The molecule has 0 spiro atoms. The van der Waals surface area contributed by atoms with Crippen LogP contribution in [0.5, 0.6) is 0 Å². The zero-order chi connectivity index (χ0) is 21.3. The molecule has 0 radical (unpaired) electrons. The van der Waals surface area contributed by atoms with Crippen LogP contribution in [0, 0.1) is 5.92 Å². The highest BCUT2D eigenvalue weighted by Gasteiger charge is 2.25. The summed E-state index contributed by atoms with van der Waals surface area (Å²) in [5, 5.41) is 19.4. The highest BCUT2D eigenvalue weighted by atomic mass is 16.3. The van der Waals surface area contributed by atoms with E-state index in [2.05, 4.69) is 28.1 Å². The van der Waals surface area contributed by atoms with Crippen LogP contribution in [0.15, 0.2) is 42.7 Å². The Morgan fingerprint density at radius 3 is 2.63 bits per heavy atom. The molecule has 1 amide bonds. The molecule has 0 unspecified atom stereocenters. The summed E-state index contributed by atoms with van der Waals surface area (Å²) in [5.74, 6) is 0.534. The predicted molar refractivity (Wildman–Crippen MR) is 118 cm³/mol. The van der Waals surface area contributed by atoms with Gasteiger partial charge in [0.1, 0.15) is 5.69 Å². The van der Waals surface area contributed by atoms with Gasteiger partial charge in [0.05, 0.1) is 17.2 Å². The number of pyridine rings is 1. The van der Waals surface area contributed by atoms with Crippen LogP contribution >= 0.6 is 0 Å². The van der Waals surface area contributed by atoms with Gasteiger partial charge in [-0.05, 0) is 69.7 Å². The molecule has 6 heteroatoms. The van der Waals surface area contributed by atoms with Gasteiger partial charge in [0.25, 0.3) is 5.91 Å². The van der Waals surface area contributed by atoms with Crippen molar-refractivity contribution in [2.24, 2.45) is 5.92 Å². The second-order valence-electron chi connectivity index (χ2n) is 8.88. The Labute approximate surface area is 177 Å². The van der Waals surface area contributed by atoms with Crippen molar-refractivity contribution >= 4 is 22.5 Å². The number of anilines is 1. The van der Waals surface area contributed by atoms with E-state index in [0.717, 1.165) is 29.7 Å². The number of aromatic nitrogens is 3. The van der Waals surface area contributed by atoms with E-state index in [-0.39, 0.29) is 5.91 Å². The number of hydrogen-bond donors (Lipinski definition) is 2. The summed E-state index contributed by atoms with van der Waals surface area (Å²) in [6.45, 7) is 5.70. The predicted octanol–water partition coefficient (Wildman–Crippen LogP) is 5.05. The third kappa shape index (κ3) is 4.24. The number of hydrogen-bond acceptors (Lipinski definition) is 4. The Kier molecular flexibility index (Phi) is 5.60. The fourth-order valence-electron chi connectivity index (χ4n) is 4.39. The third-order valence-corrected chi connectivity index (χ3v) is 6.23. The van der Waals surface area contributed by atoms with E-state index in [0.29, 0.717) is 23.0 Å². The second-order valence-corrected chi connectivity index (χ2v) is 8.88. The lowest BCUT2D eigenvalue weighted by atomic mass is 9.85. The average Bonchev–Trinajstić information content (AvgIpc) is 3.16. The molecule has 1 fully saturated rings. The van der Waals surface area contributed by atoms with Crippen LogP contribution in [0.2, 0.25) is 0 Å². The highest BCUT2D eigenvalue weighted by Crippen LogP contribution is 2.36. The molecule has 1 saturated carbocycles. The molecule has 158 valence electrons. The number of fused-ring (bicyclic) bond motifs is 1. The minimum Gasteiger partial charge on any atom is -0.386 e. The fourth-order valence-corrected chi connectivity index (χ4v) is 4.39. The minimum absolute atomic E-state index is 0.300. The monoisotopic (exact) mass is 406 g/mol. The van der Waals surface area contributed by atoms with Crippen molar-refractivity contribution in [2.45, 2.75) is 64.5 Å². The molecule has 2 heterocycles. The number of carbonyl (C=O) groups excluding carboxylic acids is 1. The summed E-state index contributed by atoms with van der Waals surface area (Å²) in [6.07, 6.45) is 9.70. The van der Waals surface area contributed by atoms with Crippen LogP contribution in [0.1, 0.15) is 75.0 Å². The van der Waals surface area contributed by atoms with E-state index in [1.54, 1.807) is 38.2 Å². The number of carbonyl (C=O) groups is 1. The quantitative estimate of drug-likeness (QED) is 0.621. The number of nitrogens with one attached hydrogen (secondary N) is 1. The van der Waals surface area contributed by atoms with Crippen LogP contribution in [0.3, 0.4) is 0 Å². The topological polar surface area (TPSA) is 80.0 Å². The summed E-state index contributed by atoms with van der Waals surface area (Å²) in [7, 11) is 0. The zero-order valence-electron chi connectivity index (χ0n) is 17.9. The lowest BCUT2D eigenvalue weighted by molar-refractivity contribution is 0.0793. The summed E-state index contributed by atoms with van der Waals surface area (Å²) in [4.78, 5) is 16.8. The van der Waals surface area contributed by atoms with Crippen molar-refractivity contribution in [2.75, 3.05) is 5.32 Å². The van der Waals surface area contributed by atoms with Crippen LogP contribution in [0.25, 0.3) is 10.9 Å². The molecule has 2 N–H and O–H groups in total. The Morgan fingerprint density at radius 2 is 2.00 bits per heavy atom. The van der Waals surface area contributed by atoms with Gasteiger partial charge >= 0.3 is 0 Å². The molecular weight excluding hydrogens is 376 g/mol. The van der Waals surface area contributed by atoms with Gasteiger partial charge in [0.15, 0.2) is 0 Å². The average molecular weight is 407 g/mol. The smallest absolute Gasteiger partial charge is 0.274 e. The summed E-state index contributed by atoms with van der Waals surface area (Å²) < 4.78 is 2.08. The lowest BCUT2D eigenvalue weighted by Crippen LogP contribution is -2.21. The van der Waals surface area contributed by atoms with Crippen LogP contribution in [-0.2, 0) is 5.60 Å². The maximum absolute atomic E-state index is 12.7. The first-order chi connectivity index (χ1) is 14.3. The standard InChI is InChI=1S/C24H30N4O2/c1-4-16-8-10-18(11-9-16)28-15-17-13-22(19(24(2,3)30)14-21(17)27-28)26-23(29)20-7-5-6-12-25-20/h5-7,12-16,18,30H,4,8-11H2,1-3H3,(H,26,29)/t16-,18-. The van der Waals surface area contributed by atoms with Crippen LogP contribution < -0.4 is 5.32 Å². The number of aliphatic hydroxyl groups is 1. The molecule has 1 aromatic carbocycles. The molecule has 0 bridgehead atoms. The third-order valence-electron chi connectivity index (χ3n) is 6.23. The largest absolute Gasteiger partial charge is 0.386 e. The Balaban J connectivity index is 1.66. The van der Waals surface area contributed by atoms with Crippen molar-refractivity contribution in [1.82, 2.24) is 14.8 Å². The van der Waals surface area contributed by atoms with E-state index >= 15 is 0 Å². The van der Waals surface area contributed by atoms with E-state index < -0.39 is 5.60 Å². The van der Waals surface area contributed by atoms with Gasteiger partial charge in [-0.1, -0.05) is 19.4 Å². The zero-order valence-corrected chi connectivity index (χ0v) is 17.9. The first kappa shape index (κ1) is 20.5. The van der Waals surface area contributed by atoms with Crippen molar-refractivity contribution in [1.29, 1.82) is 0 Å². The van der Waals surface area contributed by atoms with Gasteiger partial charge in [-0.2, -0.15) is 5.10 Å². The molecule has 1 aliphatic carbocycles. The van der Waals surface area contributed by atoms with E-state index in [1.807, 2.05) is 12.1 Å². The summed E-state index contributed by atoms with van der Waals surface area (Å²) >= 11 is 0. The minimum atomic E-state index is -1.12. The van der Waals surface area contributed by atoms with Gasteiger partial charge in [-0.15, -0.1) is 0 Å². The first-order valence-corrected chi connectivity index (χ1v) is 10.8. The number of benzene rings is 1. The van der Waals surface area contributed by atoms with Crippen molar-refractivity contribution in [3.05, 3.63) is 54.0 Å². The molecule has 3 aromatic rings. The normalized spacial score (nSPS) is 19.7. The van der Waals surface area contributed by atoms with Gasteiger partial charge in [-0.25, -0.2) is 0 Å². The molecule has 4 rings (SSSR count). The molecule has 0 saturated heterocycles. The van der Waals surface area contributed by atoms with Crippen LogP contribution in [-0.4, -0.2) is 25.8 Å². The summed E-state index contributed by atoms with van der Waals surface area (Å²) in [6, 6.07) is 9.43. The summed E-state index contributed by atoms with van der Waals surface area (Å²) in [5.41, 5.74) is 1.27. The van der Waals surface area contributed by atoms with E-state index in [1.165, 1.54) is 19.3 Å². The van der Waals surface area contributed by atoms with Crippen molar-refractivity contribution < 1.29 is 9.90 Å². The second kappa shape index (κ2) is 8.19. The Morgan fingerprint density at radius 1 is 1.23 bits per heavy atom. The number of amides is 1. The van der Waals surface area contributed by atoms with E-state index in [4.69, 9.17) is 5.10 Å².